The van der Waals surface area contributed by atoms with Crippen molar-refractivity contribution in [3.05, 3.63) is 75.1 Å². The number of hydrogen-bond acceptors (Lipinski definition) is 8. The molecule has 0 spiro atoms. The van der Waals surface area contributed by atoms with Crippen molar-refractivity contribution in [3.8, 4) is 11.5 Å². The topological polar surface area (TPSA) is 80.8 Å². The second-order valence-electron chi connectivity index (χ2n) is 9.10. The van der Waals surface area contributed by atoms with Gasteiger partial charge in [-0.15, -0.1) is 11.3 Å². The Morgan fingerprint density at radius 2 is 2.03 bits per heavy atom. The van der Waals surface area contributed by atoms with Crippen LogP contribution in [0, 0.1) is 6.92 Å². The predicted molar refractivity (Wildman–Crippen MR) is 156 cm³/mol. The zero-order valence-electron chi connectivity index (χ0n) is 20.9. The molecule has 7 nitrogen and oxygen atoms in total. The van der Waals surface area contributed by atoms with Gasteiger partial charge in [-0.1, -0.05) is 66.3 Å². The molecule has 2 amide bonds. The van der Waals surface area contributed by atoms with Crippen LogP contribution in [-0.2, 0) is 16.0 Å². The van der Waals surface area contributed by atoms with Crippen LogP contribution < -0.4 is 14.8 Å². The molecule has 0 saturated carbocycles. The SMILES string of the molecule is Cc1cccc(Cc2cnc(NC(=O)CCCCCN3C(=O)C(=Cc4ccc5c(c4)OCO5)SC3=S)s2)c1. The normalized spacial score (nSPS) is 15.5. The molecule has 1 saturated heterocycles. The Bertz CT molecular complexity index is 1400. The number of aryl methyl sites for hydroxylation is 1. The lowest BCUT2D eigenvalue weighted by Crippen LogP contribution is -2.29. The molecule has 1 N–H and O–H groups in total. The van der Waals surface area contributed by atoms with E-state index in [0.29, 0.717) is 38.8 Å². The van der Waals surface area contributed by atoms with Crippen LogP contribution in [0.1, 0.15) is 47.3 Å². The highest BCUT2D eigenvalue weighted by Gasteiger charge is 2.31. The Kier molecular flexibility index (Phi) is 8.41. The summed E-state index contributed by atoms with van der Waals surface area (Å²) in [5.74, 6) is 1.26. The molecule has 1 fully saturated rings. The summed E-state index contributed by atoms with van der Waals surface area (Å²) in [7, 11) is 0. The number of ether oxygens (including phenoxy) is 2. The molecule has 3 heterocycles. The number of hydrogen-bond donors (Lipinski definition) is 1. The minimum Gasteiger partial charge on any atom is -0.454 e. The fraction of sp³-hybridized carbons (Fsp3) is 0.286. The van der Waals surface area contributed by atoms with Crippen LogP contribution in [0.5, 0.6) is 11.5 Å². The van der Waals surface area contributed by atoms with Gasteiger partial charge in [0.15, 0.2) is 16.6 Å². The van der Waals surface area contributed by atoms with Gasteiger partial charge in [-0.2, -0.15) is 0 Å². The maximum Gasteiger partial charge on any atom is 0.266 e. The second-order valence-corrected chi connectivity index (χ2v) is 11.9. The van der Waals surface area contributed by atoms with E-state index in [-0.39, 0.29) is 18.6 Å². The van der Waals surface area contributed by atoms with Crippen LogP contribution in [0.2, 0.25) is 0 Å². The van der Waals surface area contributed by atoms with Crippen LogP contribution in [0.3, 0.4) is 0 Å². The highest BCUT2D eigenvalue weighted by atomic mass is 32.2. The van der Waals surface area contributed by atoms with E-state index in [2.05, 4.69) is 41.5 Å². The minimum absolute atomic E-state index is 0.0428. The number of fused-ring (bicyclic) bond motifs is 1. The van der Waals surface area contributed by atoms with Gasteiger partial charge in [-0.3, -0.25) is 14.5 Å². The average molecular weight is 566 g/mol. The summed E-state index contributed by atoms with van der Waals surface area (Å²) in [6, 6.07) is 14.0. The molecular weight excluding hydrogens is 539 g/mol. The maximum atomic E-state index is 12.9. The summed E-state index contributed by atoms with van der Waals surface area (Å²) in [6.07, 6.45) is 7.20. The molecule has 3 aromatic rings. The van der Waals surface area contributed by atoms with E-state index in [1.165, 1.54) is 34.2 Å². The molecule has 2 aromatic carbocycles. The highest BCUT2D eigenvalue weighted by molar-refractivity contribution is 8.26. The molecule has 196 valence electrons. The first-order chi connectivity index (χ1) is 18.4. The molecule has 5 rings (SSSR count). The van der Waals surface area contributed by atoms with Crippen LogP contribution in [0.4, 0.5) is 5.13 Å². The number of thiazole rings is 1. The van der Waals surface area contributed by atoms with Gasteiger partial charge in [0.2, 0.25) is 12.7 Å². The van der Waals surface area contributed by atoms with Crippen molar-refractivity contribution in [1.82, 2.24) is 9.88 Å². The number of rotatable bonds is 10. The number of unbranched alkanes of at least 4 members (excludes halogenated alkanes) is 2. The Balaban J connectivity index is 1.03. The zero-order valence-corrected chi connectivity index (χ0v) is 23.3. The molecular formula is C28H27N3O4S3. The molecule has 0 aliphatic carbocycles. The number of thiocarbonyl (C=S) groups is 1. The van der Waals surface area contributed by atoms with Gasteiger partial charge in [0.05, 0.1) is 4.91 Å². The van der Waals surface area contributed by atoms with Gasteiger partial charge >= 0.3 is 0 Å². The summed E-state index contributed by atoms with van der Waals surface area (Å²) < 4.78 is 11.3. The third-order valence-corrected chi connectivity index (χ3v) is 8.40. The number of thioether (sulfide) groups is 1. The fourth-order valence-corrected chi connectivity index (χ4v) is 6.40. The zero-order chi connectivity index (χ0) is 26.5. The molecule has 10 heteroatoms. The van der Waals surface area contributed by atoms with Crippen molar-refractivity contribution in [3.63, 3.8) is 0 Å². The number of carbonyl (C=O) groups excluding carboxylic acids is 2. The quantitative estimate of drug-likeness (QED) is 0.179. The van der Waals surface area contributed by atoms with Crippen LogP contribution >= 0.6 is 35.3 Å². The first kappa shape index (κ1) is 26.4. The van der Waals surface area contributed by atoms with Crippen LogP contribution in [0.25, 0.3) is 6.08 Å². The summed E-state index contributed by atoms with van der Waals surface area (Å²) >= 11 is 8.26. The number of aromatic nitrogens is 1. The van der Waals surface area contributed by atoms with Gasteiger partial charge in [-0.05, 0) is 49.1 Å². The van der Waals surface area contributed by atoms with E-state index in [1.54, 1.807) is 4.90 Å². The molecule has 0 atom stereocenters. The summed E-state index contributed by atoms with van der Waals surface area (Å²) in [4.78, 5) is 33.0. The van der Waals surface area contributed by atoms with Crippen molar-refractivity contribution in [2.45, 2.75) is 39.0 Å². The van der Waals surface area contributed by atoms with Gasteiger partial charge < -0.3 is 14.8 Å². The van der Waals surface area contributed by atoms with Crippen molar-refractivity contribution < 1.29 is 19.1 Å². The summed E-state index contributed by atoms with van der Waals surface area (Å²) in [5, 5.41) is 3.53. The summed E-state index contributed by atoms with van der Waals surface area (Å²) in [5.41, 5.74) is 3.33. The van der Waals surface area contributed by atoms with E-state index in [4.69, 9.17) is 21.7 Å². The maximum absolute atomic E-state index is 12.9. The van der Waals surface area contributed by atoms with E-state index in [1.807, 2.05) is 30.5 Å². The monoisotopic (exact) mass is 565 g/mol. The number of carbonyl (C=O) groups is 2. The number of nitrogens with one attached hydrogen (secondary N) is 1. The molecule has 38 heavy (non-hydrogen) atoms. The lowest BCUT2D eigenvalue weighted by Gasteiger charge is -2.14. The smallest absolute Gasteiger partial charge is 0.266 e. The van der Waals surface area contributed by atoms with E-state index >= 15 is 0 Å². The Morgan fingerprint density at radius 1 is 1.16 bits per heavy atom. The van der Waals surface area contributed by atoms with E-state index < -0.39 is 0 Å². The largest absolute Gasteiger partial charge is 0.454 e. The standard InChI is InChI=1S/C28H27N3O4S3/c1-18-6-5-7-19(12-18)13-21-16-29-27(37-21)30-25(32)8-3-2-4-11-31-26(33)24(38-28(31)36)15-20-9-10-22-23(14-20)35-17-34-22/h5-7,9-10,12,14-16H,2-4,8,11,13,17H2,1H3,(H,29,30,32). The van der Waals surface area contributed by atoms with Crippen molar-refractivity contribution >= 4 is 62.7 Å². The first-order valence-electron chi connectivity index (χ1n) is 12.4. The van der Waals surface area contributed by atoms with Gasteiger partial charge in [-0.25, -0.2) is 4.98 Å². The fourth-order valence-electron chi connectivity index (χ4n) is 4.23. The van der Waals surface area contributed by atoms with Gasteiger partial charge in [0.25, 0.3) is 5.91 Å². The van der Waals surface area contributed by atoms with E-state index in [0.717, 1.165) is 36.1 Å². The minimum atomic E-state index is -0.0827. The van der Waals surface area contributed by atoms with Crippen LogP contribution in [-0.4, -0.2) is 39.4 Å². The lowest BCUT2D eigenvalue weighted by molar-refractivity contribution is -0.122. The molecule has 0 radical (unpaired) electrons. The van der Waals surface area contributed by atoms with Crippen molar-refractivity contribution in [2.75, 3.05) is 18.7 Å². The molecule has 2 aliphatic rings. The number of anilines is 1. The second kappa shape index (κ2) is 12.1. The first-order valence-corrected chi connectivity index (χ1v) is 14.4. The van der Waals surface area contributed by atoms with Gasteiger partial charge in [0.1, 0.15) is 4.32 Å². The average Bonchev–Trinajstić information content (AvgIpc) is 3.59. The molecule has 0 unspecified atom stereocenters. The Morgan fingerprint density at radius 3 is 2.89 bits per heavy atom. The third kappa shape index (κ3) is 6.61. The van der Waals surface area contributed by atoms with Crippen molar-refractivity contribution in [2.24, 2.45) is 0 Å². The lowest BCUT2D eigenvalue weighted by atomic mass is 10.1. The number of benzene rings is 2. The Hall–Kier alpha value is -3.21. The van der Waals surface area contributed by atoms with E-state index in [9.17, 15) is 9.59 Å². The van der Waals surface area contributed by atoms with Crippen molar-refractivity contribution in [1.29, 1.82) is 0 Å². The van der Waals surface area contributed by atoms with Crippen LogP contribution in [0.15, 0.2) is 53.6 Å². The number of amides is 2. The molecule has 2 aliphatic heterocycles. The number of nitrogens with zero attached hydrogens (tertiary/aromatic N) is 2. The van der Waals surface area contributed by atoms with Gasteiger partial charge in [0, 0.05) is 30.5 Å². The molecule has 0 bridgehead atoms. The third-order valence-electron chi connectivity index (χ3n) is 6.11. The highest BCUT2D eigenvalue weighted by Crippen LogP contribution is 2.36. The predicted octanol–water partition coefficient (Wildman–Crippen LogP) is 6.17. The summed E-state index contributed by atoms with van der Waals surface area (Å²) in [6.45, 7) is 2.83. The Labute approximate surface area is 235 Å². The molecule has 1 aromatic heterocycles.